The molecule has 1 unspecified atom stereocenters. The Bertz CT molecular complexity index is 565. The highest BCUT2D eigenvalue weighted by Gasteiger charge is 2.34. The molecule has 4 nitrogen and oxygen atoms in total. The number of dihydropyridines is 2. The van der Waals surface area contributed by atoms with Crippen LogP contribution in [0, 0.1) is 0 Å². The van der Waals surface area contributed by atoms with Crippen LogP contribution in [0.4, 0.5) is 0 Å². The van der Waals surface area contributed by atoms with Crippen molar-refractivity contribution in [3.8, 4) is 0 Å². The van der Waals surface area contributed by atoms with E-state index in [1.807, 2.05) is 0 Å². The maximum atomic E-state index is 4.74. The number of nitrogens with zero attached hydrogens (tertiary/aromatic N) is 4. The first-order valence-electron chi connectivity index (χ1n) is 7.70. The van der Waals surface area contributed by atoms with Crippen molar-refractivity contribution in [1.82, 2.24) is 4.90 Å². The molecule has 4 heteroatoms. The Morgan fingerprint density at radius 3 is 3.15 bits per heavy atom. The van der Waals surface area contributed by atoms with Crippen LogP contribution in [0.25, 0.3) is 0 Å². The summed E-state index contributed by atoms with van der Waals surface area (Å²) in [7, 11) is 0. The molecule has 20 heavy (non-hydrogen) atoms. The topological polar surface area (TPSA) is 40.3 Å². The minimum absolute atomic E-state index is 0.405. The molecule has 1 atom stereocenters. The molecule has 4 aliphatic rings. The lowest BCUT2D eigenvalue weighted by atomic mass is 9.92. The van der Waals surface area contributed by atoms with Crippen LogP contribution in [0.1, 0.15) is 25.7 Å². The zero-order valence-corrected chi connectivity index (χ0v) is 11.8. The van der Waals surface area contributed by atoms with Crippen LogP contribution in [0.2, 0.25) is 0 Å². The van der Waals surface area contributed by atoms with Gasteiger partial charge in [-0.3, -0.25) is 15.0 Å². The van der Waals surface area contributed by atoms with Crippen molar-refractivity contribution in [2.24, 2.45) is 15.0 Å². The van der Waals surface area contributed by atoms with E-state index >= 15 is 0 Å². The monoisotopic (exact) mass is 268 g/mol. The van der Waals surface area contributed by atoms with E-state index in [4.69, 9.17) is 9.98 Å². The highest BCUT2D eigenvalue weighted by atomic mass is 15.2. The summed E-state index contributed by atoms with van der Waals surface area (Å²) in [4.78, 5) is 16.6. The van der Waals surface area contributed by atoms with Crippen molar-refractivity contribution >= 4 is 17.1 Å². The summed E-state index contributed by atoms with van der Waals surface area (Å²) in [5.74, 6) is 0. The van der Waals surface area contributed by atoms with Crippen LogP contribution in [0.15, 0.2) is 38.9 Å². The van der Waals surface area contributed by atoms with Crippen molar-refractivity contribution < 1.29 is 0 Å². The van der Waals surface area contributed by atoms with Gasteiger partial charge in [0.15, 0.2) is 0 Å². The van der Waals surface area contributed by atoms with Gasteiger partial charge < -0.3 is 4.90 Å². The van der Waals surface area contributed by atoms with Gasteiger partial charge in [0.05, 0.1) is 35.4 Å². The number of rotatable bonds is 1. The third kappa shape index (κ3) is 1.94. The van der Waals surface area contributed by atoms with Crippen LogP contribution in [-0.2, 0) is 0 Å². The summed E-state index contributed by atoms with van der Waals surface area (Å²) in [6.07, 6.45) is 11.1. The molecule has 1 fully saturated rings. The normalized spacial score (nSPS) is 28.8. The molecular formula is C16H20N4. The first-order chi connectivity index (χ1) is 9.93. The molecule has 0 aromatic rings. The summed E-state index contributed by atoms with van der Waals surface area (Å²) in [6, 6.07) is 0.405. The second-order valence-electron chi connectivity index (χ2n) is 5.70. The van der Waals surface area contributed by atoms with E-state index < -0.39 is 0 Å². The Balaban J connectivity index is 1.67. The molecule has 4 heterocycles. The summed E-state index contributed by atoms with van der Waals surface area (Å²) in [5, 5.41) is 0. The quantitative estimate of drug-likeness (QED) is 0.717. The maximum absolute atomic E-state index is 4.74. The Morgan fingerprint density at radius 2 is 2.15 bits per heavy atom. The largest absolute Gasteiger partial charge is 0.362 e. The Kier molecular flexibility index (Phi) is 3.02. The van der Waals surface area contributed by atoms with E-state index in [2.05, 4.69) is 28.1 Å². The van der Waals surface area contributed by atoms with E-state index in [1.54, 1.807) is 0 Å². The molecule has 4 aliphatic heterocycles. The van der Waals surface area contributed by atoms with Crippen LogP contribution in [0.3, 0.4) is 0 Å². The fourth-order valence-corrected chi connectivity index (χ4v) is 3.59. The first kappa shape index (κ1) is 12.1. The van der Waals surface area contributed by atoms with Crippen LogP contribution >= 0.6 is 0 Å². The second kappa shape index (κ2) is 5.00. The molecule has 0 saturated carbocycles. The third-order valence-corrected chi connectivity index (χ3v) is 4.47. The fraction of sp³-hybridized carbons (Fsp3) is 0.562. The third-order valence-electron chi connectivity index (χ3n) is 4.47. The number of hydrogen-bond acceptors (Lipinski definition) is 4. The molecule has 104 valence electrons. The van der Waals surface area contributed by atoms with E-state index in [0.717, 1.165) is 51.2 Å². The number of likely N-dealkylation sites (tertiary alicyclic amines) is 1. The lowest BCUT2D eigenvalue weighted by Crippen LogP contribution is -2.50. The molecule has 0 aromatic carbocycles. The van der Waals surface area contributed by atoms with E-state index in [0.29, 0.717) is 6.04 Å². The first-order valence-corrected chi connectivity index (χ1v) is 7.70. The summed E-state index contributed by atoms with van der Waals surface area (Å²) in [5.41, 5.74) is 5.00. The van der Waals surface area contributed by atoms with E-state index in [-0.39, 0.29) is 0 Å². The van der Waals surface area contributed by atoms with Crippen molar-refractivity contribution in [2.45, 2.75) is 31.7 Å². The molecule has 0 aliphatic carbocycles. The lowest BCUT2D eigenvalue weighted by Gasteiger charge is -2.42. The van der Waals surface area contributed by atoms with Gasteiger partial charge in [-0.05, 0) is 31.8 Å². The van der Waals surface area contributed by atoms with Gasteiger partial charge in [-0.2, -0.15) is 0 Å². The maximum Gasteiger partial charge on any atom is 0.0829 e. The van der Waals surface area contributed by atoms with Gasteiger partial charge >= 0.3 is 0 Å². The van der Waals surface area contributed by atoms with Crippen molar-refractivity contribution in [3.05, 3.63) is 23.9 Å². The Labute approximate surface area is 119 Å². The molecule has 1 saturated heterocycles. The van der Waals surface area contributed by atoms with Crippen molar-refractivity contribution in [3.63, 3.8) is 0 Å². The summed E-state index contributed by atoms with van der Waals surface area (Å²) >= 11 is 0. The Hall–Kier alpha value is -1.71. The van der Waals surface area contributed by atoms with Crippen LogP contribution < -0.4 is 0 Å². The van der Waals surface area contributed by atoms with E-state index in [9.17, 15) is 0 Å². The van der Waals surface area contributed by atoms with Crippen molar-refractivity contribution in [2.75, 3.05) is 26.2 Å². The van der Waals surface area contributed by atoms with Gasteiger partial charge in [0.25, 0.3) is 0 Å². The number of fused-ring (bicyclic) bond motifs is 2. The van der Waals surface area contributed by atoms with Gasteiger partial charge in [-0.15, -0.1) is 0 Å². The number of piperidine rings is 1. The average Bonchev–Trinajstić information content (AvgIpc) is 2.54. The average molecular weight is 268 g/mol. The van der Waals surface area contributed by atoms with Crippen molar-refractivity contribution in [1.29, 1.82) is 0 Å². The molecule has 0 aromatic heterocycles. The molecule has 0 amide bonds. The number of hydrogen-bond donors (Lipinski definition) is 0. The zero-order valence-electron chi connectivity index (χ0n) is 11.8. The minimum atomic E-state index is 0.405. The van der Waals surface area contributed by atoms with Gasteiger partial charge in [-0.1, -0.05) is 12.2 Å². The molecule has 4 rings (SSSR count). The fourth-order valence-electron chi connectivity index (χ4n) is 3.59. The standard InChI is InChI=1S/C16H20N4/c1-4-13-16(19-9-1)15(7-10-18-13)20-11-3-5-12-14(20)6-2-8-17-12/h1,4,6,15H,2-3,5,7-11H2. The predicted octanol–water partition coefficient (Wildman–Crippen LogP) is 2.03. The van der Waals surface area contributed by atoms with Gasteiger partial charge in [-0.25, -0.2) is 0 Å². The molecule has 0 spiro atoms. The summed E-state index contributed by atoms with van der Waals surface area (Å²) in [6.45, 7) is 3.82. The predicted molar refractivity (Wildman–Crippen MR) is 83.1 cm³/mol. The van der Waals surface area contributed by atoms with Gasteiger partial charge in [0, 0.05) is 19.6 Å². The van der Waals surface area contributed by atoms with E-state index in [1.165, 1.54) is 23.5 Å². The molecule has 0 N–H and O–H groups in total. The highest BCUT2D eigenvalue weighted by Crippen LogP contribution is 2.28. The molecule has 0 radical (unpaired) electrons. The lowest BCUT2D eigenvalue weighted by molar-refractivity contribution is 0.292. The number of aliphatic imine (C=N–C) groups is 3. The van der Waals surface area contributed by atoms with Crippen LogP contribution in [-0.4, -0.2) is 54.3 Å². The SMILES string of the molecule is C1=CC2=NCCC(N3CCCC4=NCCC=C43)C2=NC1. The second-order valence-corrected chi connectivity index (χ2v) is 5.70. The minimum Gasteiger partial charge on any atom is -0.362 e. The summed E-state index contributed by atoms with van der Waals surface area (Å²) < 4.78 is 0. The highest BCUT2D eigenvalue weighted by molar-refractivity contribution is 6.49. The molecular weight excluding hydrogens is 248 g/mol. The Morgan fingerprint density at radius 1 is 1.15 bits per heavy atom. The van der Waals surface area contributed by atoms with Gasteiger partial charge in [0.1, 0.15) is 0 Å². The number of allylic oxidation sites excluding steroid dienone is 2. The molecule has 0 bridgehead atoms. The van der Waals surface area contributed by atoms with Crippen LogP contribution in [0.5, 0.6) is 0 Å². The van der Waals surface area contributed by atoms with Gasteiger partial charge in [0.2, 0.25) is 0 Å². The zero-order chi connectivity index (χ0) is 13.4. The smallest absolute Gasteiger partial charge is 0.0829 e.